The van der Waals surface area contributed by atoms with Crippen molar-refractivity contribution in [3.63, 3.8) is 0 Å². The van der Waals surface area contributed by atoms with Gasteiger partial charge in [-0.3, -0.25) is 9.69 Å². The van der Waals surface area contributed by atoms with Gasteiger partial charge in [-0.05, 0) is 6.42 Å². The highest BCUT2D eigenvalue weighted by Crippen LogP contribution is 2.14. The van der Waals surface area contributed by atoms with E-state index >= 15 is 0 Å². The van der Waals surface area contributed by atoms with Gasteiger partial charge in [0.25, 0.3) is 5.56 Å². The fraction of sp³-hybridized carbons (Fsp3) is 0.692. The molecule has 0 amide bonds. The number of anilines is 1. The average molecular weight is 301 g/mol. The van der Waals surface area contributed by atoms with Gasteiger partial charge in [-0.2, -0.15) is 5.10 Å². The van der Waals surface area contributed by atoms with Crippen LogP contribution in [0.3, 0.4) is 0 Å². The van der Waals surface area contributed by atoms with Gasteiger partial charge in [-0.25, -0.2) is 4.68 Å². The smallest absolute Gasteiger partial charge is 0.287 e. The Balaban J connectivity index is 1.89. The quantitative estimate of drug-likeness (QED) is 0.851. The Hall–Kier alpha value is -1.11. The van der Waals surface area contributed by atoms with Crippen molar-refractivity contribution in [1.82, 2.24) is 14.7 Å². The van der Waals surface area contributed by atoms with Crippen LogP contribution in [0.15, 0.2) is 11.0 Å². The second-order valence-corrected chi connectivity index (χ2v) is 5.16. The van der Waals surface area contributed by atoms with Crippen molar-refractivity contribution >= 4 is 17.3 Å². The van der Waals surface area contributed by atoms with Crippen LogP contribution in [0, 0.1) is 0 Å². The maximum absolute atomic E-state index is 11.9. The number of nitrogens with zero attached hydrogens (tertiary/aromatic N) is 3. The van der Waals surface area contributed by atoms with E-state index in [-0.39, 0.29) is 10.6 Å². The molecule has 0 radical (unpaired) electrons. The van der Waals surface area contributed by atoms with Crippen molar-refractivity contribution in [2.45, 2.75) is 19.9 Å². The molecule has 0 saturated carbocycles. The topological polar surface area (TPSA) is 59.4 Å². The van der Waals surface area contributed by atoms with Crippen LogP contribution in [0.4, 0.5) is 5.69 Å². The molecule has 2 rings (SSSR count). The molecule has 6 nitrogen and oxygen atoms in total. The van der Waals surface area contributed by atoms with Gasteiger partial charge < -0.3 is 10.1 Å². The molecular weight excluding hydrogens is 280 g/mol. The number of rotatable bonds is 6. The molecule has 7 heteroatoms. The monoisotopic (exact) mass is 300 g/mol. The van der Waals surface area contributed by atoms with Gasteiger partial charge in [0, 0.05) is 32.7 Å². The van der Waals surface area contributed by atoms with Crippen molar-refractivity contribution in [1.29, 1.82) is 0 Å². The zero-order valence-corrected chi connectivity index (χ0v) is 12.5. The van der Waals surface area contributed by atoms with Crippen LogP contribution < -0.4 is 10.9 Å². The summed E-state index contributed by atoms with van der Waals surface area (Å²) in [6, 6.07) is 0. The summed E-state index contributed by atoms with van der Waals surface area (Å²) in [5.41, 5.74) is 0.377. The predicted molar refractivity (Wildman–Crippen MR) is 79.5 cm³/mol. The Morgan fingerprint density at radius 2 is 2.15 bits per heavy atom. The molecule has 0 aromatic carbocycles. The Labute approximate surface area is 123 Å². The minimum absolute atomic E-state index is 0.218. The van der Waals surface area contributed by atoms with Crippen molar-refractivity contribution in [2.75, 3.05) is 44.7 Å². The predicted octanol–water partition coefficient (Wildman–Crippen LogP) is 1.05. The minimum atomic E-state index is -0.232. The third-order valence-corrected chi connectivity index (χ3v) is 3.63. The summed E-state index contributed by atoms with van der Waals surface area (Å²) < 4.78 is 6.70. The fourth-order valence-corrected chi connectivity index (χ4v) is 2.35. The van der Waals surface area contributed by atoms with Crippen LogP contribution in [-0.4, -0.2) is 54.1 Å². The lowest BCUT2D eigenvalue weighted by atomic mass is 10.4. The molecule has 0 aliphatic carbocycles. The molecule has 1 aromatic rings. The highest BCUT2D eigenvalue weighted by molar-refractivity contribution is 6.32. The maximum atomic E-state index is 11.9. The number of ether oxygens (including phenoxy) is 1. The highest BCUT2D eigenvalue weighted by Gasteiger charge is 2.11. The minimum Gasteiger partial charge on any atom is -0.381 e. The van der Waals surface area contributed by atoms with E-state index in [2.05, 4.69) is 15.3 Å². The molecule has 0 bridgehead atoms. The summed E-state index contributed by atoms with van der Waals surface area (Å²) in [6.45, 7) is 7.70. The first-order valence-electron chi connectivity index (χ1n) is 7.02. The van der Waals surface area contributed by atoms with Gasteiger partial charge >= 0.3 is 0 Å². The second kappa shape index (κ2) is 7.61. The van der Waals surface area contributed by atoms with Crippen molar-refractivity contribution in [3.8, 4) is 0 Å². The van der Waals surface area contributed by atoms with Crippen molar-refractivity contribution in [2.24, 2.45) is 0 Å². The third kappa shape index (κ3) is 3.94. The van der Waals surface area contributed by atoms with E-state index in [9.17, 15) is 4.79 Å². The van der Waals surface area contributed by atoms with Crippen LogP contribution in [0.25, 0.3) is 0 Å². The van der Waals surface area contributed by atoms with Crippen LogP contribution >= 0.6 is 11.6 Å². The average Bonchev–Trinajstić information content (AvgIpc) is 2.48. The standard InChI is InChI=1S/C13H21ClN4O2/c1-2-4-18-13(19)12(14)11(10-16-18)15-3-5-17-6-8-20-9-7-17/h10,15H,2-9H2,1H3. The lowest BCUT2D eigenvalue weighted by Crippen LogP contribution is -2.39. The Morgan fingerprint density at radius 3 is 2.85 bits per heavy atom. The molecular formula is C13H21ClN4O2. The van der Waals surface area contributed by atoms with E-state index in [1.807, 2.05) is 6.92 Å². The summed E-state index contributed by atoms with van der Waals surface area (Å²) in [7, 11) is 0. The van der Waals surface area contributed by atoms with Crippen molar-refractivity contribution < 1.29 is 4.74 Å². The number of hydrogen-bond acceptors (Lipinski definition) is 5. The first-order valence-corrected chi connectivity index (χ1v) is 7.39. The van der Waals surface area contributed by atoms with Gasteiger partial charge in [0.1, 0.15) is 5.02 Å². The lowest BCUT2D eigenvalue weighted by Gasteiger charge is -2.26. The number of aryl methyl sites for hydroxylation is 1. The second-order valence-electron chi connectivity index (χ2n) is 4.78. The van der Waals surface area contributed by atoms with Gasteiger partial charge in [-0.15, -0.1) is 0 Å². The van der Waals surface area contributed by atoms with E-state index < -0.39 is 0 Å². The Morgan fingerprint density at radius 1 is 1.40 bits per heavy atom. The zero-order chi connectivity index (χ0) is 14.4. The van der Waals surface area contributed by atoms with Gasteiger partial charge in [0.2, 0.25) is 0 Å². The molecule has 112 valence electrons. The summed E-state index contributed by atoms with van der Waals surface area (Å²) in [4.78, 5) is 14.3. The molecule has 1 fully saturated rings. The number of aromatic nitrogens is 2. The normalized spacial score (nSPS) is 16.3. The number of morpholine rings is 1. The van der Waals surface area contributed by atoms with E-state index in [0.717, 1.165) is 45.8 Å². The molecule has 1 aromatic heterocycles. The third-order valence-electron chi connectivity index (χ3n) is 3.27. The lowest BCUT2D eigenvalue weighted by molar-refractivity contribution is 0.0398. The van der Waals surface area contributed by atoms with Crippen LogP contribution in [-0.2, 0) is 11.3 Å². The van der Waals surface area contributed by atoms with Crippen molar-refractivity contribution in [3.05, 3.63) is 21.6 Å². The van der Waals surface area contributed by atoms with Gasteiger partial charge in [0.05, 0.1) is 25.1 Å². The van der Waals surface area contributed by atoms with E-state index in [1.54, 1.807) is 6.20 Å². The molecule has 2 heterocycles. The first kappa shape index (κ1) is 15.3. The van der Waals surface area contributed by atoms with Gasteiger partial charge in [0.15, 0.2) is 0 Å². The van der Waals surface area contributed by atoms with Crippen LogP contribution in [0.2, 0.25) is 5.02 Å². The molecule has 0 atom stereocenters. The molecule has 0 unspecified atom stereocenters. The molecule has 20 heavy (non-hydrogen) atoms. The van der Waals surface area contributed by atoms with E-state index in [4.69, 9.17) is 16.3 Å². The summed E-state index contributed by atoms with van der Waals surface area (Å²) in [5.74, 6) is 0. The molecule has 1 saturated heterocycles. The molecule has 1 aliphatic heterocycles. The van der Waals surface area contributed by atoms with E-state index in [0.29, 0.717) is 12.2 Å². The first-order chi connectivity index (χ1) is 9.72. The highest BCUT2D eigenvalue weighted by atomic mass is 35.5. The molecule has 1 aliphatic rings. The number of nitrogens with one attached hydrogen (secondary N) is 1. The van der Waals surface area contributed by atoms with Crippen LogP contribution in [0.1, 0.15) is 13.3 Å². The van der Waals surface area contributed by atoms with E-state index in [1.165, 1.54) is 4.68 Å². The zero-order valence-electron chi connectivity index (χ0n) is 11.8. The van der Waals surface area contributed by atoms with Gasteiger partial charge in [-0.1, -0.05) is 18.5 Å². The SMILES string of the molecule is CCCn1ncc(NCCN2CCOCC2)c(Cl)c1=O. The molecule has 0 spiro atoms. The maximum Gasteiger partial charge on any atom is 0.287 e. The summed E-state index contributed by atoms with van der Waals surface area (Å²) in [6.07, 6.45) is 2.48. The largest absolute Gasteiger partial charge is 0.381 e. The molecule has 1 N–H and O–H groups in total. The summed E-state index contributed by atoms with van der Waals surface area (Å²) >= 11 is 6.09. The fourth-order valence-electron chi connectivity index (χ4n) is 2.13. The Bertz CT molecular complexity index is 486. The Kier molecular flexibility index (Phi) is 5.82. The number of hydrogen-bond donors (Lipinski definition) is 1. The summed E-state index contributed by atoms with van der Waals surface area (Å²) in [5, 5.41) is 7.52. The number of halogens is 1. The van der Waals surface area contributed by atoms with Crippen LogP contribution in [0.5, 0.6) is 0 Å².